The molecule has 160 valence electrons. The summed E-state index contributed by atoms with van der Waals surface area (Å²) in [4.78, 5) is 31.3. The summed E-state index contributed by atoms with van der Waals surface area (Å²) in [5, 5.41) is 1.32. The summed E-state index contributed by atoms with van der Waals surface area (Å²) >= 11 is 7.78. The third-order valence-electron chi connectivity index (χ3n) is 5.41. The highest BCUT2D eigenvalue weighted by Crippen LogP contribution is 2.34. The van der Waals surface area contributed by atoms with Crippen molar-refractivity contribution < 1.29 is 4.79 Å². The first-order valence-electron chi connectivity index (χ1n) is 10.3. The molecule has 0 radical (unpaired) electrons. The monoisotopic (exact) mass is 453 g/mol. The Kier molecular flexibility index (Phi) is 6.46. The maximum absolute atomic E-state index is 13.6. The quantitative estimate of drug-likeness (QED) is 0.385. The molecule has 4 rings (SSSR count). The number of para-hydroxylation sites is 2. The Morgan fingerprint density at radius 1 is 1.03 bits per heavy atom. The van der Waals surface area contributed by atoms with Crippen molar-refractivity contribution in [3.63, 3.8) is 0 Å². The Morgan fingerprint density at radius 3 is 2.52 bits per heavy atom. The van der Waals surface area contributed by atoms with Crippen LogP contribution in [0.1, 0.15) is 29.9 Å². The van der Waals surface area contributed by atoms with Gasteiger partial charge >= 0.3 is 0 Å². The fourth-order valence-corrected chi connectivity index (χ4v) is 4.67. The molecule has 0 bridgehead atoms. The first-order chi connectivity index (χ1) is 15.0. The average Bonchev–Trinajstić information content (AvgIpc) is 3.23. The molecule has 0 saturated heterocycles. The van der Waals surface area contributed by atoms with Crippen molar-refractivity contribution in [2.75, 3.05) is 31.1 Å². The van der Waals surface area contributed by atoms with Crippen molar-refractivity contribution in [1.82, 2.24) is 19.9 Å². The number of nitrogens with zero attached hydrogens (tertiary/aromatic N) is 5. The van der Waals surface area contributed by atoms with Gasteiger partial charge in [0.1, 0.15) is 5.69 Å². The zero-order chi connectivity index (χ0) is 22.0. The van der Waals surface area contributed by atoms with Crippen LogP contribution >= 0.6 is 22.9 Å². The Bertz CT molecular complexity index is 1240. The van der Waals surface area contributed by atoms with E-state index in [0.717, 1.165) is 40.9 Å². The molecule has 0 unspecified atom stereocenters. The minimum absolute atomic E-state index is 0.201. The van der Waals surface area contributed by atoms with E-state index < -0.39 is 0 Å². The number of hydrogen-bond acceptors (Lipinski definition) is 6. The molecule has 4 aromatic rings. The van der Waals surface area contributed by atoms with Gasteiger partial charge in [0.2, 0.25) is 0 Å². The van der Waals surface area contributed by atoms with Gasteiger partial charge in [-0.1, -0.05) is 48.9 Å². The van der Waals surface area contributed by atoms with Gasteiger partial charge in [-0.2, -0.15) is 0 Å². The Balaban J connectivity index is 1.74. The fraction of sp³-hybridized carbons (Fsp3) is 0.304. The topological polar surface area (TPSA) is 62.2 Å². The van der Waals surface area contributed by atoms with Crippen molar-refractivity contribution in [2.24, 2.45) is 0 Å². The predicted molar refractivity (Wildman–Crippen MR) is 128 cm³/mol. The molecule has 8 heteroatoms. The zero-order valence-electron chi connectivity index (χ0n) is 17.8. The van der Waals surface area contributed by atoms with E-state index in [-0.39, 0.29) is 5.91 Å². The van der Waals surface area contributed by atoms with Crippen LogP contribution in [0.3, 0.4) is 0 Å². The van der Waals surface area contributed by atoms with Crippen LogP contribution in [-0.4, -0.2) is 51.9 Å². The normalized spacial score (nSPS) is 11.5. The number of hydrogen-bond donors (Lipinski definition) is 0. The van der Waals surface area contributed by atoms with Crippen LogP contribution in [0.25, 0.3) is 21.3 Å². The van der Waals surface area contributed by atoms with E-state index in [9.17, 15) is 4.79 Å². The SMILES string of the molecule is CCN(CC)CCN(C(=O)c1cnc2ccccc2n1)c1nc2c(C)c(Cl)ccc2s1. The van der Waals surface area contributed by atoms with Gasteiger partial charge in [0.05, 0.1) is 27.4 Å². The number of aromatic nitrogens is 3. The molecule has 0 saturated carbocycles. The first kappa shape index (κ1) is 21.6. The number of amides is 1. The molecular weight excluding hydrogens is 430 g/mol. The number of halogens is 1. The van der Waals surface area contributed by atoms with Gasteiger partial charge in [-0.25, -0.2) is 9.97 Å². The van der Waals surface area contributed by atoms with E-state index in [1.165, 1.54) is 11.3 Å². The molecule has 2 aromatic heterocycles. The van der Waals surface area contributed by atoms with E-state index in [2.05, 4.69) is 28.7 Å². The van der Waals surface area contributed by atoms with Gasteiger partial charge in [-0.05, 0) is 49.8 Å². The number of rotatable bonds is 7. The van der Waals surface area contributed by atoms with Gasteiger partial charge in [-0.15, -0.1) is 0 Å². The average molecular weight is 454 g/mol. The van der Waals surface area contributed by atoms with Crippen LogP contribution in [0.5, 0.6) is 0 Å². The van der Waals surface area contributed by atoms with Gasteiger partial charge in [-0.3, -0.25) is 14.7 Å². The number of thiazole rings is 1. The van der Waals surface area contributed by atoms with Gasteiger partial charge in [0.15, 0.2) is 5.13 Å². The predicted octanol–water partition coefficient (Wildman–Crippen LogP) is 5.19. The number of benzene rings is 2. The molecule has 31 heavy (non-hydrogen) atoms. The Hall–Kier alpha value is -2.61. The minimum atomic E-state index is -0.201. The van der Waals surface area contributed by atoms with E-state index in [1.807, 2.05) is 43.3 Å². The molecule has 2 heterocycles. The molecule has 0 atom stereocenters. The molecule has 6 nitrogen and oxygen atoms in total. The van der Waals surface area contributed by atoms with Crippen LogP contribution in [0, 0.1) is 6.92 Å². The van der Waals surface area contributed by atoms with E-state index in [0.29, 0.717) is 27.9 Å². The first-order valence-corrected chi connectivity index (χ1v) is 11.5. The largest absolute Gasteiger partial charge is 0.302 e. The minimum Gasteiger partial charge on any atom is -0.302 e. The zero-order valence-corrected chi connectivity index (χ0v) is 19.4. The Morgan fingerprint density at radius 2 is 1.77 bits per heavy atom. The lowest BCUT2D eigenvalue weighted by Crippen LogP contribution is -2.39. The number of carbonyl (C=O) groups is 1. The lowest BCUT2D eigenvalue weighted by molar-refractivity contribution is 0.0979. The van der Waals surface area contributed by atoms with Crippen molar-refractivity contribution in [1.29, 1.82) is 0 Å². The lowest BCUT2D eigenvalue weighted by atomic mass is 10.2. The van der Waals surface area contributed by atoms with Crippen molar-refractivity contribution >= 4 is 55.2 Å². The van der Waals surface area contributed by atoms with Crippen LogP contribution in [0.4, 0.5) is 5.13 Å². The van der Waals surface area contributed by atoms with Gasteiger partial charge < -0.3 is 4.90 Å². The highest BCUT2D eigenvalue weighted by atomic mass is 35.5. The van der Waals surface area contributed by atoms with Crippen LogP contribution in [0.15, 0.2) is 42.6 Å². The molecule has 0 aliphatic rings. The van der Waals surface area contributed by atoms with Crippen molar-refractivity contribution in [3.05, 3.63) is 58.9 Å². The van der Waals surface area contributed by atoms with Crippen molar-refractivity contribution in [3.8, 4) is 0 Å². The second kappa shape index (κ2) is 9.26. The number of aryl methyl sites for hydroxylation is 1. The van der Waals surface area contributed by atoms with Crippen LogP contribution in [-0.2, 0) is 0 Å². The second-order valence-corrected chi connectivity index (χ2v) is 8.66. The summed E-state index contributed by atoms with van der Waals surface area (Å²) in [6, 6.07) is 11.4. The highest BCUT2D eigenvalue weighted by molar-refractivity contribution is 7.22. The van der Waals surface area contributed by atoms with E-state index in [4.69, 9.17) is 16.6 Å². The van der Waals surface area contributed by atoms with Gasteiger partial charge in [0.25, 0.3) is 5.91 Å². The van der Waals surface area contributed by atoms with E-state index in [1.54, 1.807) is 11.1 Å². The maximum Gasteiger partial charge on any atom is 0.280 e. The smallest absolute Gasteiger partial charge is 0.280 e. The summed E-state index contributed by atoms with van der Waals surface area (Å²) in [7, 11) is 0. The maximum atomic E-state index is 13.6. The Labute approximate surface area is 190 Å². The third-order valence-corrected chi connectivity index (χ3v) is 6.87. The van der Waals surface area contributed by atoms with Crippen molar-refractivity contribution in [2.45, 2.75) is 20.8 Å². The summed E-state index contributed by atoms with van der Waals surface area (Å²) in [6.07, 6.45) is 1.55. The number of carbonyl (C=O) groups excluding carboxylic acids is 1. The summed E-state index contributed by atoms with van der Waals surface area (Å²) in [5.74, 6) is -0.201. The molecule has 2 aromatic carbocycles. The van der Waals surface area contributed by atoms with E-state index >= 15 is 0 Å². The molecule has 0 aliphatic heterocycles. The summed E-state index contributed by atoms with van der Waals surface area (Å²) in [6.45, 7) is 9.29. The number of anilines is 1. The van der Waals surface area contributed by atoms with Gasteiger partial charge in [0, 0.05) is 18.1 Å². The van der Waals surface area contributed by atoms with Crippen LogP contribution in [0.2, 0.25) is 5.02 Å². The molecule has 0 fully saturated rings. The second-order valence-electron chi connectivity index (χ2n) is 7.24. The number of fused-ring (bicyclic) bond motifs is 2. The molecular formula is C23H24ClN5OS. The molecule has 1 amide bonds. The fourth-order valence-electron chi connectivity index (χ4n) is 3.47. The number of likely N-dealkylation sites (N-methyl/N-ethyl adjacent to an activating group) is 1. The summed E-state index contributed by atoms with van der Waals surface area (Å²) < 4.78 is 1.00. The van der Waals surface area contributed by atoms with Crippen LogP contribution < -0.4 is 4.90 Å². The standard InChI is InChI=1S/C23H24ClN5OS/c1-4-28(5-2)12-13-29(23-27-21-15(3)16(24)10-11-20(21)31-23)22(30)19-14-25-17-8-6-7-9-18(17)26-19/h6-11,14H,4-5,12-13H2,1-3H3. The lowest BCUT2D eigenvalue weighted by Gasteiger charge is -2.24. The summed E-state index contributed by atoms with van der Waals surface area (Å²) in [5.41, 5.74) is 3.52. The highest BCUT2D eigenvalue weighted by Gasteiger charge is 2.24. The third kappa shape index (κ3) is 4.39. The molecule has 0 aliphatic carbocycles. The molecule has 0 N–H and O–H groups in total. The molecule has 0 spiro atoms.